The van der Waals surface area contributed by atoms with Crippen LogP contribution in [0.3, 0.4) is 0 Å². The van der Waals surface area contributed by atoms with Gasteiger partial charge < -0.3 is 9.64 Å². The minimum atomic E-state index is -0.262. The number of halogens is 1. The number of rotatable bonds is 5. The van der Waals surface area contributed by atoms with Crippen molar-refractivity contribution >= 4 is 5.91 Å². The van der Waals surface area contributed by atoms with Crippen molar-refractivity contribution in [1.29, 1.82) is 0 Å². The first kappa shape index (κ1) is 16.9. The molecule has 1 fully saturated rings. The second-order valence-electron chi connectivity index (χ2n) is 6.30. The minimum Gasteiger partial charge on any atom is -0.378 e. The van der Waals surface area contributed by atoms with Crippen molar-refractivity contribution in [3.05, 3.63) is 35.6 Å². The summed E-state index contributed by atoms with van der Waals surface area (Å²) in [6.45, 7) is 7.59. The van der Waals surface area contributed by atoms with Crippen molar-refractivity contribution in [3.63, 3.8) is 0 Å². The quantitative estimate of drug-likeness (QED) is 0.835. The SMILES string of the molecule is CC(C)CN1CCOC[C@@H]1C(=O)N(C)Cc1ccc(F)cc1. The van der Waals surface area contributed by atoms with Gasteiger partial charge in [0.1, 0.15) is 11.9 Å². The maximum absolute atomic E-state index is 12.9. The highest BCUT2D eigenvalue weighted by molar-refractivity contribution is 5.82. The van der Waals surface area contributed by atoms with Gasteiger partial charge >= 0.3 is 0 Å². The molecule has 0 N–H and O–H groups in total. The molecular weight excluding hydrogens is 283 g/mol. The lowest BCUT2D eigenvalue weighted by Crippen LogP contribution is -2.54. The predicted octanol–water partition coefficient (Wildman–Crippen LogP) is 2.14. The van der Waals surface area contributed by atoms with Crippen molar-refractivity contribution in [2.75, 3.05) is 33.4 Å². The average molecular weight is 308 g/mol. The van der Waals surface area contributed by atoms with Gasteiger partial charge in [0.25, 0.3) is 0 Å². The monoisotopic (exact) mass is 308 g/mol. The summed E-state index contributed by atoms with van der Waals surface area (Å²) in [6.07, 6.45) is 0. The number of benzene rings is 1. The molecule has 0 spiro atoms. The van der Waals surface area contributed by atoms with E-state index in [-0.39, 0.29) is 17.8 Å². The van der Waals surface area contributed by atoms with E-state index < -0.39 is 0 Å². The normalized spacial score (nSPS) is 19.4. The molecule has 1 aromatic rings. The van der Waals surface area contributed by atoms with Gasteiger partial charge in [-0.1, -0.05) is 26.0 Å². The molecular formula is C17H25FN2O2. The highest BCUT2D eigenvalue weighted by Crippen LogP contribution is 2.14. The number of likely N-dealkylation sites (N-methyl/N-ethyl adjacent to an activating group) is 1. The molecule has 1 atom stereocenters. The molecule has 1 amide bonds. The smallest absolute Gasteiger partial charge is 0.242 e. The second-order valence-corrected chi connectivity index (χ2v) is 6.30. The highest BCUT2D eigenvalue weighted by Gasteiger charge is 2.31. The Morgan fingerprint density at radius 3 is 2.73 bits per heavy atom. The predicted molar refractivity (Wildman–Crippen MR) is 83.9 cm³/mol. The minimum absolute atomic E-state index is 0.0599. The molecule has 0 bridgehead atoms. The second kappa shape index (κ2) is 7.70. The fourth-order valence-electron chi connectivity index (χ4n) is 2.75. The summed E-state index contributed by atoms with van der Waals surface area (Å²) in [5.74, 6) is 0.307. The van der Waals surface area contributed by atoms with E-state index in [1.54, 1.807) is 24.1 Å². The van der Waals surface area contributed by atoms with E-state index in [0.29, 0.717) is 25.7 Å². The highest BCUT2D eigenvalue weighted by atomic mass is 19.1. The number of morpholine rings is 1. The van der Waals surface area contributed by atoms with Gasteiger partial charge in [-0.25, -0.2) is 4.39 Å². The lowest BCUT2D eigenvalue weighted by Gasteiger charge is -2.37. The van der Waals surface area contributed by atoms with E-state index in [4.69, 9.17) is 4.74 Å². The molecule has 1 aromatic carbocycles. The van der Waals surface area contributed by atoms with E-state index in [0.717, 1.165) is 18.7 Å². The summed E-state index contributed by atoms with van der Waals surface area (Å²) < 4.78 is 18.4. The zero-order valence-corrected chi connectivity index (χ0v) is 13.6. The summed E-state index contributed by atoms with van der Waals surface area (Å²) in [7, 11) is 1.79. The Morgan fingerprint density at radius 2 is 2.09 bits per heavy atom. The van der Waals surface area contributed by atoms with Gasteiger partial charge in [0.15, 0.2) is 0 Å². The van der Waals surface area contributed by atoms with Gasteiger partial charge in [0.05, 0.1) is 13.2 Å². The number of hydrogen-bond donors (Lipinski definition) is 0. The van der Waals surface area contributed by atoms with Crippen LogP contribution in [0.4, 0.5) is 4.39 Å². The Kier molecular flexibility index (Phi) is 5.91. The Bertz CT molecular complexity index is 490. The molecule has 122 valence electrons. The number of hydrogen-bond acceptors (Lipinski definition) is 3. The van der Waals surface area contributed by atoms with Crippen LogP contribution in [0.15, 0.2) is 24.3 Å². The first-order valence-electron chi connectivity index (χ1n) is 7.78. The molecule has 2 rings (SSSR count). The van der Waals surface area contributed by atoms with Crippen LogP contribution in [-0.4, -0.2) is 55.1 Å². The summed E-state index contributed by atoms with van der Waals surface area (Å²) in [5, 5.41) is 0. The first-order valence-corrected chi connectivity index (χ1v) is 7.78. The number of carbonyl (C=O) groups excluding carboxylic acids is 1. The molecule has 22 heavy (non-hydrogen) atoms. The van der Waals surface area contributed by atoms with Gasteiger partial charge in [-0.2, -0.15) is 0 Å². The molecule has 0 saturated carbocycles. The summed E-state index contributed by atoms with van der Waals surface area (Å²) in [4.78, 5) is 16.6. The van der Waals surface area contributed by atoms with Gasteiger partial charge in [-0.3, -0.25) is 9.69 Å². The third-order valence-electron chi connectivity index (χ3n) is 3.83. The Morgan fingerprint density at radius 1 is 1.41 bits per heavy atom. The zero-order chi connectivity index (χ0) is 16.1. The third-order valence-corrected chi connectivity index (χ3v) is 3.83. The average Bonchev–Trinajstić information content (AvgIpc) is 2.49. The molecule has 1 aliphatic heterocycles. The molecule has 0 radical (unpaired) electrons. The fraction of sp³-hybridized carbons (Fsp3) is 0.588. The lowest BCUT2D eigenvalue weighted by molar-refractivity contribution is -0.142. The first-order chi connectivity index (χ1) is 10.5. The molecule has 1 aliphatic rings. The van der Waals surface area contributed by atoms with Crippen molar-refractivity contribution in [2.45, 2.75) is 26.4 Å². The van der Waals surface area contributed by atoms with Crippen LogP contribution in [0.2, 0.25) is 0 Å². The Balaban J connectivity index is 1.99. The number of amides is 1. The summed E-state index contributed by atoms with van der Waals surface area (Å²) in [5.41, 5.74) is 0.921. The summed E-state index contributed by atoms with van der Waals surface area (Å²) >= 11 is 0. The maximum atomic E-state index is 12.9. The van der Waals surface area contributed by atoms with Crippen molar-refractivity contribution in [1.82, 2.24) is 9.80 Å². The number of carbonyl (C=O) groups is 1. The zero-order valence-electron chi connectivity index (χ0n) is 13.6. The van der Waals surface area contributed by atoms with Crippen LogP contribution < -0.4 is 0 Å². The third kappa shape index (κ3) is 4.52. The fourth-order valence-corrected chi connectivity index (χ4v) is 2.75. The number of nitrogens with zero attached hydrogens (tertiary/aromatic N) is 2. The Labute approximate surface area is 131 Å². The number of ether oxygens (including phenoxy) is 1. The van der Waals surface area contributed by atoms with Crippen molar-refractivity contribution in [2.24, 2.45) is 5.92 Å². The van der Waals surface area contributed by atoms with Crippen LogP contribution >= 0.6 is 0 Å². The van der Waals surface area contributed by atoms with Crippen molar-refractivity contribution in [3.8, 4) is 0 Å². The summed E-state index contributed by atoms with van der Waals surface area (Å²) in [6, 6.07) is 6.04. The topological polar surface area (TPSA) is 32.8 Å². The van der Waals surface area contributed by atoms with Gasteiger partial charge in [-0.15, -0.1) is 0 Å². The van der Waals surface area contributed by atoms with E-state index in [1.165, 1.54) is 12.1 Å². The molecule has 0 aromatic heterocycles. The van der Waals surface area contributed by atoms with Crippen LogP contribution in [0.5, 0.6) is 0 Å². The van der Waals surface area contributed by atoms with Crippen molar-refractivity contribution < 1.29 is 13.9 Å². The van der Waals surface area contributed by atoms with Crippen LogP contribution in [-0.2, 0) is 16.1 Å². The Hall–Kier alpha value is -1.46. The lowest BCUT2D eigenvalue weighted by atomic mass is 10.1. The molecule has 1 heterocycles. The molecule has 1 saturated heterocycles. The molecule has 0 unspecified atom stereocenters. The van der Waals surface area contributed by atoms with Crippen LogP contribution in [0.1, 0.15) is 19.4 Å². The maximum Gasteiger partial charge on any atom is 0.242 e. The van der Waals surface area contributed by atoms with Gasteiger partial charge in [-0.05, 0) is 23.6 Å². The molecule has 0 aliphatic carbocycles. The van der Waals surface area contributed by atoms with E-state index in [9.17, 15) is 9.18 Å². The van der Waals surface area contributed by atoms with E-state index >= 15 is 0 Å². The van der Waals surface area contributed by atoms with E-state index in [1.807, 2.05) is 0 Å². The van der Waals surface area contributed by atoms with E-state index in [2.05, 4.69) is 18.7 Å². The van der Waals surface area contributed by atoms with Gasteiger partial charge in [0, 0.05) is 26.7 Å². The largest absolute Gasteiger partial charge is 0.378 e. The molecule has 4 nitrogen and oxygen atoms in total. The standard InChI is InChI=1S/C17H25FN2O2/c1-13(2)10-20-8-9-22-12-16(20)17(21)19(3)11-14-4-6-15(18)7-5-14/h4-7,13,16H,8-12H2,1-3H3/t16-/m1/s1. The van der Waals surface area contributed by atoms with Crippen LogP contribution in [0, 0.1) is 11.7 Å². The van der Waals surface area contributed by atoms with Crippen LogP contribution in [0.25, 0.3) is 0 Å². The van der Waals surface area contributed by atoms with Gasteiger partial charge in [0.2, 0.25) is 5.91 Å². The molecule has 5 heteroatoms.